The van der Waals surface area contributed by atoms with Gasteiger partial charge in [0, 0.05) is 5.56 Å². The lowest BCUT2D eigenvalue weighted by atomic mass is 9.83. The van der Waals surface area contributed by atoms with Gasteiger partial charge in [0.25, 0.3) is 0 Å². The molecule has 0 radical (unpaired) electrons. The minimum Gasteiger partial charge on any atom is -0.504 e. The first-order valence-electron chi connectivity index (χ1n) is 14.6. The summed E-state index contributed by atoms with van der Waals surface area (Å²) in [6, 6.07) is 43.1. The van der Waals surface area contributed by atoms with Crippen LogP contribution >= 0.6 is 0 Å². The molecule has 0 aliphatic carbocycles. The van der Waals surface area contributed by atoms with E-state index in [1.807, 2.05) is 60.7 Å². The molecule has 0 unspecified atom stereocenters. The van der Waals surface area contributed by atoms with Crippen molar-refractivity contribution in [3.63, 3.8) is 0 Å². The molecule has 5 heteroatoms. The summed E-state index contributed by atoms with van der Waals surface area (Å²) in [6.45, 7) is 0. The molecule has 5 nitrogen and oxygen atoms in total. The topological polar surface area (TPSA) is 107 Å². The molecule has 8 rings (SSSR count). The molecule has 6 N–H and O–H groups in total. The summed E-state index contributed by atoms with van der Waals surface area (Å²) in [6.07, 6.45) is 0. The average Bonchev–Trinajstić information content (AvgIpc) is 3.09. The highest BCUT2D eigenvalue weighted by molar-refractivity contribution is 6.24. The average molecular weight is 586 g/mol. The van der Waals surface area contributed by atoms with E-state index in [9.17, 15) is 20.4 Å². The van der Waals surface area contributed by atoms with E-state index in [0.717, 1.165) is 54.6 Å². The Morgan fingerprint density at radius 2 is 0.867 bits per heavy atom. The second-order valence-corrected chi connectivity index (χ2v) is 11.3. The van der Waals surface area contributed by atoms with Crippen molar-refractivity contribution < 1.29 is 20.4 Å². The molecule has 45 heavy (non-hydrogen) atoms. The summed E-state index contributed by atoms with van der Waals surface area (Å²) in [5.41, 5.74) is 9.71. The van der Waals surface area contributed by atoms with Crippen LogP contribution in [0.5, 0.6) is 23.0 Å². The first-order chi connectivity index (χ1) is 21.9. The summed E-state index contributed by atoms with van der Waals surface area (Å²) in [7, 11) is 0. The van der Waals surface area contributed by atoms with Crippen molar-refractivity contribution >= 4 is 48.8 Å². The zero-order valence-electron chi connectivity index (χ0n) is 24.0. The summed E-state index contributed by atoms with van der Waals surface area (Å²) in [5.74, 6) is -2.59. The predicted octanol–water partition coefficient (Wildman–Crippen LogP) is 9.70. The van der Waals surface area contributed by atoms with Crippen LogP contribution < -0.4 is 5.73 Å². The molecule has 0 saturated carbocycles. The lowest BCUT2D eigenvalue weighted by Crippen LogP contribution is -1.95. The van der Waals surface area contributed by atoms with Gasteiger partial charge in [-0.2, -0.15) is 0 Å². The predicted molar refractivity (Wildman–Crippen MR) is 184 cm³/mol. The zero-order valence-corrected chi connectivity index (χ0v) is 24.0. The van der Waals surface area contributed by atoms with Crippen molar-refractivity contribution in [2.75, 3.05) is 5.73 Å². The van der Waals surface area contributed by atoms with E-state index in [1.54, 1.807) is 0 Å². The number of phenols is 4. The third-order valence-electron chi connectivity index (χ3n) is 8.85. The van der Waals surface area contributed by atoms with E-state index in [1.165, 1.54) is 10.8 Å². The number of hydrogen-bond acceptors (Lipinski definition) is 5. The lowest BCUT2D eigenvalue weighted by Gasteiger charge is -2.21. The maximum atomic E-state index is 11.2. The summed E-state index contributed by atoms with van der Waals surface area (Å²) in [5, 5.41) is 51.5. The van der Waals surface area contributed by atoms with Gasteiger partial charge in [-0.25, -0.2) is 0 Å². The number of fused-ring (bicyclic) bond motifs is 5. The van der Waals surface area contributed by atoms with Crippen LogP contribution in [0.15, 0.2) is 127 Å². The SMILES string of the molecule is Nc1c(O)c(O)c(-c2c3ccccc3c(-c3ccc4c(ccc5ccccc54)c3)c3cc(-c4ccccc4)ccc23)c(O)c1O. The summed E-state index contributed by atoms with van der Waals surface area (Å²) < 4.78 is 0. The lowest BCUT2D eigenvalue weighted by molar-refractivity contribution is 0.379. The molecule has 0 aromatic heterocycles. The molecule has 0 bridgehead atoms. The maximum Gasteiger partial charge on any atom is 0.185 e. The molecule has 0 atom stereocenters. The van der Waals surface area contributed by atoms with Gasteiger partial charge in [0.15, 0.2) is 23.0 Å². The molecule has 0 amide bonds. The van der Waals surface area contributed by atoms with Crippen LogP contribution in [0.4, 0.5) is 5.69 Å². The zero-order chi connectivity index (χ0) is 30.8. The number of aromatic hydroxyl groups is 4. The van der Waals surface area contributed by atoms with E-state index in [-0.39, 0.29) is 5.56 Å². The fourth-order valence-electron chi connectivity index (χ4n) is 6.69. The fraction of sp³-hybridized carbons (Fsp3) is 0. The second kappa shape index (κ2) is 9.93. The van der Waals surface area contributed by atoms with Crippen LogP contribution in [-0.4, -0.2) is 20.4 Å². The Bertz CT molecular complexity index is 2460. The number of hydrogen-bond donors (Lipinski definition) is 5. The van der Waals surface area contributed by atoms with Gasteiger partial charge in [0.1, 0.15) is 5.69 Å². The van der Waals surface area contributed by atoms with Gasteiger partial charge in [-0.15, -0.1) is 0 Å². The van der Waals surface area contributed by atoms with Gasteiger partial charge in [-0.3, -0.25) is 0 Å². The Morgan fingerprint density at radius 1 is 0.333 bits per heavy atom. The van der Waals surface area contributed by atoms with E-state index >= 15 is 0 Å². The van der Waals surface area contributed by atoms with Gasteiger partial charge < -0.3 is 26.2 Å². The van der Waals surface area contributed by atoms with Crippen LogP contribution in [0.25, 0.3) is 76.5 Å². The van der Waals surface area contributed by atoms with Crippen LogP contribution in [0, 0.1) is 0 Å². The quantitative estimate of drug-likeness (QED) is 0.0466. The molecule has 0 aliphatic heterocycles. The minimum absolute atomic E-state index is 0.0932. The highest BCUT2D eigenvalue weighted by atomic mass is 16.3. The molecule has 0 spiro atoms. The second-order valence-electron chi connectivity index (χ2n) is 11.3. The van der Waals surface area contributed by atoms with E-state index in [4.69, 9.17) is 5.73 Å². The molecular formula is C40H27NO4. The molecule has 0 heterocycles. The first kappa shape index (κ1) is 26.4. The smallest absolute Gasteiger partial charge is 0.185 e. The standard InChI is InChI=1S/C40H27NO4/c41-36-39(44)37(42)35(38(43)40(36)45)34-30-13-7-6-12-29(30)33(32-21-24(16-19-31(32)34)22-8-2-1-3-9-22)26-17-18-28-25(20-26)15-14-23-10-4-5-11-27(23)28/h1-21,42-45H,41H2. The van der Waals surface area contributed by atoms with Crippen molar-refractivity contribution in [1.82, 2.24) is 0 Å². The van der Waals surface area contributed by atoms with Crippen LogP contribution in [-0.2, 0) is 0 Å². The number of anilines is 1. The van der Waals surface area contributed by atoms with Crippen LogP contribution in [0.2, 0.25) is 0 Å². The number of benzene rings is 8. The highest BCUT2D eigenvalue weighted by Crippen LogP contribution is 2.56. The molecule has 216 valence electrons. The number of nitrogens with two attached hydrogens (primary N) is 1. The Labute approximate surface area is 258 Å². The van der Waals surface area contributed by atoms with Crippen molar-refractivity contribution in [1.29, 1.82) is 0 Å². The third-order valence-corrected chi connectivity index (χ3v) is 8.85. The molecule has 0 aliphatic rings. The summed E-state index contributed by atoms with van der Waals surface area (Å²) in [4.78, 5) is 0. The van der Waals surface area contributed by atoms with E-state index < -0.39 is 28.7 Å². The minimum atomic E-state index is -0.690. The Morgan fingerprint density at radius 3 is 1.60 bits per heavy atom. The highest BCUT2D eigenvalue weighted by Gasteiger charge is 2.27. The summed E-state index contributed by atoms with van der Waals surface area (Å²) >= 11 is 0. The van der Waals surface area contributed by atoms with Gasteiger partial charge in [0.2, 0.25) is 0 Å². The number of phenolic OH excluding ortho intramolecular Hbond substituents is 4. The molecule has 8 aromatic rings. The molecule has 0 fully saturated rings. The molecule has 0 saturated heterocycles. The van der Waals surface area contributed by atoms with Gasteiger partial charge in [-0.1, -0.05) is 115 Å². The Balaban J connectivity index is 1.53. The molecular weight excluding hydrogens is 558 g/mol. The molecule has 8 aromatic carbocycles. The maximum absolute atomic E-state index is 11.2. The fourth-order valence-corrected chi connectivity index (χ4v) is 6.69. The van der Waals surface area contributed by atoms with Crippen LogP contribution in [0.1, 0.15) is 0 Å². The van der Waals surface area contributed by atoms with Gasteiger partial charge in [0.05, 0.1) is 5.56 Å². The van der Waals surface area contributed by atoms with Crippen molar-refractivity contribution in [3.8, 4) is 56.4 Å². The first-order valence-corrected chi connectivity index (χ1v) is 14.6. The van der Waals surface area contributed by atoms with Crippen molar-refractivity contribution in [2.24, 2.45) is 0 Å². The van der Waals surface area contributed by atoms with Crippen LogP contribution in [0.3, 0.4) is 0 Å². The number of rotatable bonds is 3. The largest absolute Gasteiger partial charge is 0.504 e. The van der Waals surface area contributed by atoms with Gasteiger partial charge >= 0.3 is 0 Å². The monoisotopic (exact) mass is 585 g/mol. The van der Waals surface area contributed by atoms with Crippen molar-refractivity contribution in [3.05, 3.63) is 127 Å². The normalized spacial score (nSPS) is 11.6. The Kier molecular flexibility index (Phi) is 5.83. The third kappa shape index (κ3) is 3.95. The van der Waals surface area contributed by atoms with E-state index in [2.05, 4.69) is 66.7 Å². The number of nitrogen functional groups attached to an aromatic ring is 1. The van der Waals surface area contributed by atoms with Gasteiger partial charge in [-0.05, 0) is 77.5 Å². The van der Waals surface area contributed by atoms with Crippen molar-refractivity contribution in [2.45, 2.75) is 0 Å². The van der Waals surface area contributed by atoms with E-state index in [0.29, 0.717) is 5.56 Å². The Hall–Kier alpha value is -6.20.